The zero-order chi connectivity index (χ0) is 20.3. The maximum Gasteiger partial charge on any atom is 0.270 e. The fourth-order valence-electron chi connectivity index (χ4n) is 4.29. The van der Waals surface area contributed by atoms with Crippen LogP contribution in [0.3, 0.4) is 0 Å². The lowest BCUT2D eigenvalue weighted by Crippen LogP contribution is -2.58. The average molecular weight is 425 g/mol. The third kappa shape index (κ3) is 2.70. The highest BCUT2D eigenvalue weighted by Gasteiger charge is 2.53. The Hall–Kier alpha value is -2.70. The van der Waals surface area contributed by atoms with Crippen LogP contribution >= 0.6 is 22.9 Å². The van der Waals surface area contributed by atoms with E-state index in [2.05, 4.69) is 0 Å². The fraction of sp³-hybridized carbons (Fsp3) is 0.227. The molecule has 7 heteroatoms. The number of hydrogen-bond acceptors (Lipinski definition) is 5. The lowest BCUT2D eigenvalue weighted by molar-refractivity contribution is -0.132. The van der Waals surface area contributed by atoms with Gasteiger partial charge in [-0.1, -0.05) is 59.3 Å². The van der Waals surface area contributed by atoms with E-state index in [0.717, 1.165) is 11.1 Å². The molecule has 3 heterocycles. The number of aromatic nitrogens is 1. The summed E-state index contributed by atoms with van der Waals surface area (Å²) in [6, 6.07) is 14.4. The molecular weight excluding hydrogens is 408 g/mol. The summed E-state index contributed by atoms with van der Waals surface area (Å²) >= 11 is 7.56. The third-order valence-corrected chi connectivity index (χ3v) is 6.84. The largest absolute Gasteiger partial charge is 0.465 e. The second kappa shape index (κ2) is 6.40. The van der Waals surface area contributed by atoms with Crippen LogP contribution in [0, 0.1) is 5.92 Å². The molecule has 2 aliphatic heterocycles. The number of hydrogen-bond donors (Lipinski definition) is 0. The van der Waals surface area contributed by atoms with Crippen LogP contribution in [0.5, 0.6) is 5.75 Å². The Balaban J connectivity index is 1.83. The molecule has 0 saturated heterocycles. The van der Waals surface area contributed by atoms with Crippen molar-refractivity contribution in [2.75, 3.05) is 0 Å². The Labute approximate surface area is 175 Å². The van der Waals surface area contributed by atoms with E-state index in [4.69, 9.17) is 21.3 Å². The van der Waals surface area contributed by atoms with Crippen LogP contribution in [0.2, 0.25) is 5.02 Å². The van der Waals surface area contributed by atoms with Gasteiger partial charge in [-0.15, -0.1) is 0 Å². The van der Waals surface area contributed by atoms with Gasteiger partial charge in [-0.05, 0) is 37.6 Å². The maximum absolute atomic E-state index is 13.4. The summed E-state index contributed by atoms with van der Waals surface area (Å²) in [5.41, 5.74) is 0.359. The van der Waals surface area contributed by atoms with Gasteiger partial charge in [0.25, 0.3) is 5.56 Å². The van der Waals surface area contributed by atoms with Crippen LogP contribution < -0.4 is 19.6 Å². The van der Waals surface area contributed by atoms with Crippen LogP contribution in [-0.2, 0) is 4.79 Å². The first-order valence-electron chi connectivity index (χ1n) is 9.25. The summed E-state index contributed by atoms with van der Waals surface area (Å²) in [5.74, 6) is 0.0168. The van der Waals surface area contributed by atoms with Gasteiger partial charge in [-0.2, -0.15) is 0 Å². The number of ether oxygens (including phenoxy) is 1. The molecule has 5 nitrogen and oxygen atoms in total. The summed E-state index contributed by atoms with van der Waals surface area (Å²) in [6.45, 7) is 3.34. The number of para-hydroxylation sites is 1. The van der Waals surface area contributed by atoms with Crippen LogP contribution in [-0.4, -0.2) is 16.1 Å². The van der Waals surface area contributed by atoms with Crippen molar-refractivity contribution < 1.29 is 9.53 Å². The standard InChI is InChI=1S/C22H17ClN2O3S/c1-12(26)18-19-14-8-4-6-10-16(14)28-22(18,2)24-21-25(19)20(27)17(29-21)11-13-7-3-5-9-15(13)23/h3-11,18-19H,1-2H3/b17-11+/t18-,19-,22-/m0/s1. The fourth-order valence-corrected chi connectivity index (χ4v) is 5.57. The van der Waals surface area contributed by atoms with Crippen molar-refractivity contribution in [3.63, 3.8) is 0 Å². The summed E-state index contributed by atoms with van der Waals surface area (Å²) in [6.07, 6.45) is 1.78. The molecule has 0 amide bonds. The van der Waals surface area contributed by atoms with Gasteiger partial charge in [0.2, 0.25) is 5.72 Å². The molecule has 3 atom stereocenters. The second-order valence-electron chi connectivity index (χ2n) is 7.43. The zero-order valence-corrected chi connectivity index (χ0v) is 17.3. The Morgan fingerprint density at radius 1 is 1.24 bits per heavy atom. The summed E-state index contributed by atoms with van der Waals surface area (Å²) in [4.78, 5) is 31.3. The Kier molecular flexibility index (Phi) is 4.05. The third-order valence-electron chi connectivity index (χ3n) is 5.51. The van der Waals surface area contributed by atoms with Gasteiger partial charge in [0, 0.05) is 10.6 Å². The van der Waals surface area contributed by atoms with Crippen LogP contribution in [0.15, 0.2) is 58.3 Å². The smallest absolute Gasteiger partial charge is 0.270 e. The molecule has 1 aromatic heterocycles. The highest BCUT2D eigenvalue weighted by Crippen LogP contribution is 2.47. The second-order valence-corrected chi connectivity index (χ2v) is 8.85. The molecular formula is C22H17ClN2O3S. The van der Waals surface area contributed by atoms with Crippen molar-refractivity contribution in [1.29, 1.82) is 0 Å². The van der Waals surface area contributed by atoms with E-state index in [1.54, 1.807) is 16.7 Å². The molecule has 0 unspecified atom stereocenters. The molecule has 0 N–H and O–H groups in total. The summed E-state index contributed by atoms with van der Waals surface area (Å²) in [5, 5.41) is 0.571. The number of Topliss-reactive ketones (excluding diaryl/α,β-unsaturated/α-hetero) is 1. The first kappa shape index (κ1) is 18.3. The highest BCUT2D eigenvalue weighted by molar-refractivity contribution is 7.07. The van der Waals surface area contributed by atoms with Gasteiger partial charge in [0.05, 0.1) is 10.6 Å². The number of thiazole rings is 1. The topological polar surface area (TPSA) is 60.7 Å². The quantitative estimate of drug-likeness (QED) is 0.635. The minimum Gasteiger partial charge on any atom is -0.465 e. The molecule has 0 radical (unpaired) electrons. The summed E-state index contributed by atoms with van der Waals surface area (Å²) < 4.78 is 8.34. The monoisotopic (exact) mass is 424 g/mol. The number of ketones is 1. The van der Waals surface area contributed by atoms with Gasteiger partial charge in [0.15, 0.2) is 4.80 Å². The molecule has 0 aliphatic carbocycles. The van der Waals surface area contributed by atoms with Crippen molar-refractivity contribution in [2.24, 2.45) is 10.9 Å². The minimum atomic E-state index is -1.05. The van der Waals surface area contributed by atoms with E-state index < -0.39 is 17.7 Å². The van der Waals surface area contributed by atoms with E-state index in [9.17, 15) is 9.59 Å². The van der Waals surface area contributed by atoms with Gasteiger partial charge in [-0.3, -0.25) is 14.2 Å². The van der Waals surface area contributed by atoms with Crippen molar-refractivity contribution in [2.45, 2.75) is 25.6 Å². The van der Waals surface area contributed by atoms with Crippen LogP contribution in [0.1, 0.15) is 31.0 Å². The first-order chi connectivity index (χ1) is 13.9. The number of halogens is 1. The number of rotatable bonds is 2. The number of carbonyl (C=O) groups excluding carboxylic acids is 1. The maximum atomic E-state index is 13.4. The molecule has 5 rings (SSSR count). The van der Waals surface area contributed by atoms with Crippen molar-refractivity contribution in [3.05, 3.63) is 84.4 Å². The molecule has 2 bridgehead atoms. The van der Waals surface area contributed by atoms with E-state index >= 15 is 0 Å². The molecule has 0 saturated carbocycles. The van der Waals surface area contributed by atoms with Gasteiger partial charge < -0.3 is 4.74 Å². The van der Waals surface area contributed by atoms with Crippen LogP contribution in [0.4, 0.5) is 0 Å². The molecule has 3 aromatic rings. The minimum absolute atomic E-state index is 0.0591. The number of nitrogens with zero attached hydrogens (tertiary/aromatic N) is 2. The van der Waals surface area contributed by atoms with Crippen molar-refractivity contribution >= 4 is 34.8 Å². The SMILES string of the molecule is CC(=O)[C@H]1[C@@H]2c3ccccc3O[C@]1(C)N=c1s/c(=C/c3ccccc3Cl)c(=O)n12. The van der Waals surface area contributed by atoms with Crippen LogP contribution in [0.25, 0.3) is 6.08 Å². The van der Waals surface area contributed by atoms with E-state index in [1.165, 1.54) is 18.3 Å². The normalized spacial score (nSPS) is 24.9. The molecule has 2 aromatic carbocycles. The van der Waals surface area contributed by atoms with E-state index in [-0.39, 0.29) is 11.3 Å². The van der Waals surface area contributed by atoms with E-state index in [0.29, 0.717) is 20.1 Å². The van der Waals surface area contributed by atoms with E-state index in [1.807, 2.05) is 49.4 Å². The molecule has 29 heavy (non-hydrogen) atoms. The van der Waals surface area contributed by atoms with Crippen molar-refractivity contribution in [1.82, 2.24) is 4.57 Å². The Morgan fingerprint density at radius 2 is 1.97 bits per heavy atom. The Bertz CT molecular complexity index is 1340. The number of carbonyl (C=O) groups is 1. The number of benzene rings is 2. The highest BCUT2D eigenvalue weighted by atomic mass is 35.5. The first-order valence-corrected chi connectivity index (χ1v) is 10.4. The molecule has 0 fully saturated rings. The van der Waals surface area contributed by atoms with Gasteiger partial charge in [-0.25, -0.2) is 4.99 Å². The van der Waals surface area contributed by atoms with Gasteiger partial charge in [0.1, 0.15) is 17.5 Å². The lowest BCUT2D eigenvalue weighted by atomic mass is 9.79. The Morgan fingerprint density at radius 3 is 2.72 bits per heavy atom. The van der Waals surface area contributed by atoms with Crippen molar-refractivity contribution in [3.8, 4) is 5.75 Å². The number of fused-ring (bicyclic) bond motifs is 6. The predicted molar refractivity (Wildman–Crippen MR) is 112 cm³/mol. The molecule has 0 spiro atoms. The predicted octanol–water partition coefficient (Wildman–Crippen LogP) is 2.93. The van der Waals surface area contributed by atoms with Gasteiger partial charge >= 0.3 is 0 Å². The molecule has 2 aliphatic rings. The zero-order valence-electron chi connectivity index (χ0n) is 15.8. The average Bonchev–Trinajstić information content (AvgIpc) is 2.96. The lowest BCUT2D eigenvalue weighted by Gasteiger charge is -2.45. The molecule has 146 valence electrons. The summed E-state index contributed by atoms with van der Waals surface area (Å²) in [7, 11) is 0.